The van der Waals surface area contributed by atoms with E-state index in [4.69, 9.17) is 26.1 Å². The second kappa shape index (κ2) is 10.3. The fourth-order valence-electron chi connectivity index (χ4n) is 2.21. The van der Waals surface area contributed by atoms with E-state index >= 15 is 0 Å². The summed E-state index contributed by atoms with van der Waals surface area (Å²) >= 11 is 5.86. The second-order valence-electron chi connectivity index (χ2n) is 6.20. The van der Waals surface area contributed by atoms with E-state index < -0.39 is 0 Å². The van der Waals surface area contributed by atoms with Crippen molar-refractivity contribution in [2.75, 3.05) is 46.5 Å². The molecule has 0 bridgehead atoms. The Hall–Kier alpha value is -0.730. The number of guanidine groups is 1. The van der Waals surface area contributed by atoms with Gasteiger partial charge in [0.05, 0.1) is 26.3 Å². The van der Waals surface area contributed by atoms with Gasteiger partial charge in [0.1, 0.15) is 12.4 Å². The summed E-state index contributed by atoms with van der Waals surface area (Å²) in [5.41, 5.74) is 0.182. The van der Waals surface area contributed by atoms with Gasteiger partial charge in [-0.05, 0) is 31.2 Å². The van der Waals surface area contributed by atoms with Gasteiger partial charge < -0.3 is 19.7 Å². The summed E-state index contributed by atoms with van der Waals surface area (Å²) in [6.07, 6.45) is 0. The van der Waals surface area contributed by atoms with Gasteiger partial charge in [-0.15, -0.1) is 24.0 Å². The maximum absolute atomic E-state index is 5.86. The van der Waals surface area contributed by atoms with Crippen LogP contribution in [0.2, 0.25) is 5.02 Å². The van der Waals surface area contributed by atoms with Crippen molar-refractivity contribution in [3.63, 3.8) is 0 Å². The highest BCUT2D eigenvalue weighted by molar-refractivity contribution is 14.0. The molecule has 0 amide bonds. The van der Waals surface area contributed by atoms with Crippen LogP contribution in [0.5, 0.6) is 5.75 Å². The maximum atomic E-state index is 5.86. The maximum Gasteiger partial charge on any atom is 0.193 e. The molecule has 2 rings (SSSR count). The van der Waals surface area contributed by atoms with E-state index in [1.807, 2.05) is 31.3 Å². The highest BCUT2D eigenvalue weighted by atomic mass is 127. The summed E-state index contributed by atoms with van der Waals surface area (Å²) in [7, 11) is 2.02. The summed E-state index contributed by atoms with van der Waals surface area (Å²) in [4.78, 5) is 6.81. The van der Waals surface area contributed by atoms with Gasteiger partial charge in [0.25, 0.3) is 0 Å². The van der Waals surface area contributed by atoms with Crippen molar-refractivity contribution in [3.8, 4) is 5.75 Å². The van der Waals surface area contributed by atoms with E-state index in [0.29, 0.717) is 11.6 Å². The van der Waals surface area contributed by atoms with Crippen LogP contribution in [0, 0.1) is 5.41 Å². The number of halogens is 2. The molecule has 0 unspecified atom stereocenters. The van der Waals surface area contributed by atoms with E-state index in [1.54, 1.807) is 0 Å². The third kappa shape index (κ3) is 6.64. The molecule has 24 heavy (non-hydrogen) atoms. The molecule has 1 saturated heterocycles. The molecule has 0 aliphatic carbocycles. The number of rotatable bonds is 7. The number of hydrogen-bond donors (Lipinski definition) is 1. The molecule has 0 aromatic heterocycles. The molecule has 0 radical (unpaired) electrons. The number of aliphatic imine (C=N–C) groups is 1. The van der Waals surface area contributed by atoms with Crippen LogP contribution in [0.1, 0.15) is 13.8 Å². The van der Waals surface area contributed by atoms with Crippen molar-refractivity contribution in [3.05, 3.63) is 29.3 Å². The van der Waals surface area contributed by atoms with Crippen LogP contribution in [0.15, 0.2) is 29.3 Å². The van der Waals surface area contributed by atoms with Crippen molar-refractivity contribution in [2.24, 2.45) is 10.4 Å². The standard InChI is InChI=1S/C17H26ClN3O2.HI/c1-4-19-16(20-11-17(2)12-22-13-17)21(3)9-10-23-15-7-5-14(18)6-8-15;/h5-8H,4,9-13H2,1-3H3,(H,19,20);1H. The Morgan fingerprint density at radius 1 is 1.38 bits per heavy atom. The Kier molecular flexibility index (Phi) is 9.15. The van der Waals surface area contributed by atoms with E-state index in [1.165, 1.54) is 0 Å². The van der Waals surface area contributed by atoms with Gasteiger partial charge in [-0.1, -0.05) is 18.5 Å². The van der Waals surface area contributed by atoms with Gasteiger partial charge in [-0.3, -0.25) is 4.99 Å². The minimum Gasteiger partial charge on any atom is -0.492 e. The first kappa shape index (κ1) is 21.3. The lowest BCUT2D eigenvalue weighted by Gasteiger charge is -2.37. The molecule has 1 aliphatic heterocycles. The zero-order valence-electron chi connectivity index (χ0n) is 14.5. The number of nitrogens with one attached hydrogen (secondary N) is 1. The Labute approximate surface area is 166 Å². The van der Waals surface area contributed by atoms with Crippen LogP contribution < -0.4 is 10.1 Å². The summed E-state index contributed by atoms with van der Waals surface area (Å²) in [5, 5.41) is 4.03. The lowest BCUT2D eigenvalue weighted by atomic mass is 9.89. The van der Waals surface area contributed by atoms with Gasteiger partial charge >= 0.3 is 0 Å². The van der Waals surface area contributed by atoms with Crippen molar-refractivity contribution >= 4 is 41.5 Å². The van der Waals surface area contributed by atoms with Crippen molar-refractivity contribution in [1.82, 2.24) is 10.2 Å². The van der Waals surface area contributed by atoms with E-state index in [-0.39, 0.29) is 29.4 Å². The Morgan fingerprint density at radius 3 is 2.58 bits per heavy atom. The highest BCUT2D eigenvalue weighted by Crippen LogP contribution is 2.26. The third-order valence-corrected chi connectivity index (χ3v) is 3.97. The van der Waals surface area contributed by atoms with Crippen molar-refractivity contribution < 1.29 is 9.47 Å². The molecule has 1 aromatic rings. The highest BCUT2D eigenvalue weighted by Gasteiger charge is 2.33. The van der Waals surface area contributed by atoms with Crippen LogP contribution in [0.3, 0.4) is 0 Å². The second-order valence-corrected chi connectivity index (χ2v) is 6.63. The molecule has 7 heteroatoms. The topological polar surface area (TPSA) is 46.1 Å². The molecule has 5 nitrogen and oxygen atoms in total. The molecule has 0 saturated carbocycles. The average Bonchev–Trinajstić information content (AvgIpc) is 2.51. The summed E-state index contributed by atoms with van der Waals surface area (Å²) in [5.74, 6) is 1.73. The monoisotopic (exact) mass is 467 g/mol. The number of ether oxygens (including phenoxy) is 2. The van der Waals surface area contributed by atoms with E-state index in [2.05, 4.69) is 24.1 Å². The summed E-state index contributed by atoms with van der Waals surface area (Å²) < 4.78 is 11.0. The number of benzene rings is 1. The summed E-state index contributed by atoms with van der Waals surface area (Å²) in [6, 6.07) is 7.40. The number of nitrogens with zero attached hydrogens (tertiary/aromatic N) is 2. The minimum atomic E-state index is 0. The fourth-order valence-corrected chi connectivity index (χ4v) is 2.34. The third-order valence-electron chi connectivity index (χ3n) is 3.72. The number of hydrogen-bond acceptors (Lipinski definition) is 3. The molecular formula is C17H27ClIN3O2. The van der Waals surface area contributed by atoms with Gasteiger partial charge in [0.2, 0.25) is 0 Å². The van der Waals surface area contributed by atoms with Gasteiger partial charge in [-0.25, -0.2) is 0 Å². The van der Waals surface area contributed by atoms with Crippen LogP contribution in [0.25, 0.3) is 0 Å². The quantitative estimate of drug-likeness (QED) is 0.380. The van der Waals surface area contributed by atoms with Crippen LogP contribution in [-0.4, -0.2) is 57.4 Å². The molecule has 1 fully saturated rings. The van der Waals surface area contributed by atoms with Gasteiger partial charge in [0, 0.05) is 24.0 Å². The molecular weight excluding hydrogens is 441 g/mol. The fraction of sp³-hybridized carbons (Fsp3) is 0.588. The van der Waals surface area contributed by atoms with Crippen molar-refractivity contribution in [2.45, 2.75) is 13.8 Å². The minimum absolute atomic E-state index is 0. The average molecular weight is 468 g/mol. The van der Waals surface area contributed by atoms with Crippen LogP contribution >= 0.6 is 35.6 Å². The predicted molar refractivity (Wildman–Crippen MR) is 110 cm³/mol. The molecule has 1 aliphatic rings. The van der Waals surface area contributed by atoms with E-state index in [9.17, 15) is 0 Å². The van der Waals surface area contributed by atoms with E-state index in [0.717, 1.165) is 44.6 Å². The lowest BCUT2D eigenvalue weighted by Crippen LogP contribution is -2.45. The van der Waals surface area contributed by atoms with Crippen LogP contribution in [0.4, 0.5) is 0 Å². The largest absolute Gasteiger partial charge is 0.492 e. The van der Waals surface area contributed by atoms with Gasteiger partial charge in [0.15, 0.2) is 5.96 Å². The zero-order valence-corrected chi connectivity index (χ0v) is 17.6. The smallest absolute Gasteiger partial charge is 0.193 e. The Balaban J connectivity index is 0.00000288. The SMILES string of the molecule is CCNC(=NCC1(C)COC1)N(C)CCOc1ccc(Cl)cc1.I. The first-order valence-corrected chi connectivity index (χ1v) is 8.36. The molecule has 1 heterocycles. The predicted octanol–water partition coefficient (Wildman–Crippen LogP) is 3.27. The molecule has 0 atom stereocenters. The Bertz CT molecular complexity index is 521. The molecule has 1 N–H and O–H groups in total. The lowest BCUT2D eigenvalue weighted by molar-refractivity contribution is -0.0945. The van der Waals surface area contributed by atoms with Gasteiger partial charge in [-0.2, -0.15) is 0 Å². The molecule has 0 spiro atoms. The van der Waals surface area contributed by atoms with Crippen molar-refractivity contribution in [1.29, 1.82) is 0 Å². The Morgan fingerprint density at radius 2 is 2.04 bits per heavy atom. The summed E-state index contributed by atoms with van der Waals surface area (Å²) in [6.45, 7) is 8.81. The first-order valence-electron chi connectivity index (χ1n) is 7.98. The first-order chi connectivity index (χ1) is 11.0. The van der Waals surface area contributed by atoms with Crippen LogP contribution in [-0.2, 0) is 4.74 Å². The molecule has 136 valence electrons. The number of likely N-dealkylation sites (N-methyl/N-ethyl adjacent to an activating group) is 1. The molecule has 1 aromatic carbocycles. The normalized spacial score (nSPS) is 15.9. The zero-order chi connectivity index (χ0) is 16.7.